The van der Waals surface area contributed by atoms with E-state index in [0.29, 0.717) is 0 Å². The fraction of sp³-hybridized carbons (Fsp3) is 0.467. The van der Waals surface area contributed by atoms with Crippen molar-refractivity contribution >= 4 is 22.5 Å². The Morgan fingerprint density at radius 2 is 2.05 bits per heavy atom. The minimum Gasteiger partial charge on any atom is -0.347 e. The van der Waals surface area contributed by atoms with Crippen LogP contribution in [0.4, 0.5) is 0 Å². The molecule has 102 valence electrons. The third-order valence-electron chi connectivity index (χ3n) is 3.88. The van der Waals surface area contributed by atoms with Crippen LogP contribution in [0.2, 0.25) is 5.02 Å². The van der Waals surface area contributed by atoms with Crippen molar-refractivity contribution in [2.75, 3.05) is 26.2 Å². The molecule has 1 aliphatic rings. The average Bonchev–Trinajstić information content (AvgIpc) is 2.79. The third kappa shape index (κ3) is 2.50. The molecule has 3 rings (SSSR count). The lowest BCUT2D eigenvalue weighted by Crippen LogP contribution is -2.42. The van der Waals surface area contributed by atoms with Crippen LogP contribution in [-0.2, 0) is 13.1 Å². The van der Waals surface area contributed by atoms with Gasteiger partial charge in [-0.1, -0.05) is 17.7 Å². The summed E-state index contributed by atoms with van der Waals surface area (Å²) in [5, 5.41) is 5.49. The maximum atomic E-state index is 6.41. The first-order chi connectivity index (χ1) is 9.29. The van der Waals surface area contributed by atoms with Crippen LogP contribution < -0.4 is 5.32 Å². The van der Waals surface area contributed by atoms with Gasteiger partial charge in [0.05, 0.1) is 5.02 Å². The normalized spacial score (nSPS) is 17.2. The molecule has 1 saturated heterocycles. The number of halogens is 1. The molecule has 1 aromatic carbocycles. The van der Waals surface area contributed by atoms with Gasteiger partial charge in [0, 0.05) is 56.4 Å². The van der Waals surface area contributed by atoms with Gasteiger partial charge in [-0.05, 0) is 24.6 Å². The summed E-state index contributed by atoms with van der Waals surface area (Å²) < 4.78 is 2.29. The molecule has 0 unspecified atom stereocenters. The van der Waals surface area contributed by atoms with Gasteiger partial charge in [0.2, 0.25) is 0 Å². The lowest BCUT2D eigenvalue weighted by molar-refractivity contribution is 0.234. The highest BCUT2D eigenvalue weighted by Crippen LogP contribution is 2.29. The number of hydrogen-bond donors (Lipinski definition) is 1. The minimum atomic E-state index is 0.870. The first-order valence-corrected chi connectivity index (χ1v) is 7.36. The Labute approximate surface area is 119 Å². The highest BCUT2D eigenvalue weighted by atomic mass is 35.5. The maximum absolute atomic E-state index is 6.41. The zero-order valence-electron chi connectivity index (χ0n) is 11.3. The van der Waals surface area contributed by atoms with Crippen LogP contribution in [-0.4, -0.2) is 35.6 Å². The van der Waals surface area contributed by atoms with Crippen molar-refractivity contribution < 1.29 is 0 Å². The van der Waals surface area contributed by atoms with Gasteiger partial charge in [-0.3, -0.25) is 4.90 Å². The Hall–Kier alpha value is -1.03. The number of nitrogens with one attached hydrogen (secondary N) is 1. The van der Waals surface area contributed by atoms with Crippen LogP contribution in [0.1, 0.15) is 12.5 Å². The number of hydrogen-bond acceptors (Lipinski definition) is 2. The van der Waals surface area contributed by atoms with Gasteiger partial charge in [-0.15, -0.1) is 0 Å². The van der Waals surface area contributed by atoms with Crippen LogP contribution in [0.5, 0.6) is 0 Å². The lowest BCUT2D eigenvalue weighted by Gasteiger charge is -2.26. The molecule has 0 bridgehead atoms. The third-order valence-corrected chi connectivity index (χ3v) is 4.19. The highest BCUT2D eigenvalue weighted by Gasteiger charge is 2.15. The van der Waals surface area contributed by atoms with Crippen LogP contribution >= 0.6 is 11.6 Å². The fourth-order valence-corrected chi connectivity index (χ4v) is 3.17. The molecule has 19 heavy (non-hydrogen) atoms. The Morgan fingerprint density at radius 1 is 1.26 bits per heavy atom. The summed E-state index contributed by atoms with van der Waals surface area (Å²) >= 11 is 6.41. The van der Waals surface area contributed by atoms with E-state index in [1.807, 2.05) is 12.1 Å². The second-order valence-corrected chi connectivity index (χ2v) is 5.51. The Morgan fingerprint density at radius 3 is 2.79 bits per heavy atom. The van der Waals surface area contributed by atoms with Crippen LogP contribution in [0.15, 0.2) is 24.4 Å². The SMILES string of the molecule is CCn1cc(CN2CCNCC2)c2c(Cl)cccc21. The van der Waals surface area contributed by atoms with Gasteiger partial charge >= 0.3 is 0 Å². The molecule has 1 fully saturated rings. The summed E-state index contributed by atoms with van der Waals surface area (Å²) in [7, 11) is 0. The van der Waals surface area contributed by atoms with E-state index in [2.05, 4.69) is 34.0 Å². The van der Waals surface area contributed by atoms with E-state index < -0.39 is 0 Å². The Kier molecular flexibility index (Phi) is 3.78. The zero-order valence-corrected chi connectivity index (χ0v) is 12.1. The number of benzene rings is 1. The summed E-state index contributed by atoms with van der Waals surface area (Å²) in [5.74, 6) is 0. The van der Waals surface area contributed by atoms with Crippen molar-refractivity contribution in [3.05, 3.63) is 35.0 Å². The quantitative estimate of drug-likeness (QED) is 0.931. The molecule has 0 amide bonds. The summed E-state index contributed by atoms with van der Waals surface area (Å²) in [6.07, 6.45) is 2.26. The highest BCUT2D eigenvalue weighted by molar-refractivity contribution is 6.35. The van der Waals surface area contributed by atoms with Gasteiger partial charge in [0.1, 0.15) is 0 Å². The van der Waals surface area contributed by atoms with Gasteiger partial charge in [-0.25, -0.2) is 0 Å². The number of aromatic nitrogens is 1. The molecular formula is C15H20ClN3. The lowest BCUT2D eigenvalue weighted by atomic mass is 10.1. The second kappa shape index (κ2) is 5.53. The topological polar surface area (TPSA) is 20.2 Å². The van der Waals surface area contributed by atoms with E-state index in [-0.39, 0.29) is 0 Å². The summed E-state index contributed by atoms with van der Waals surface area (Å²) in [5.41, 5.74) is 2.60. The molecule has 0 radical (unpaired) electrons. The largest absolute Gasteiger partial charge is 0.347 e. The Bertz CT molecular complexity index is 570. The van der Waals surface area contributed by atoms with Crippen molar-refractivity contribution in [3.63, 3.8) is 0 Å². The molecule has 2 heterocycles. The van der Waals surface area contributed by atoms with Gasteiger partial charge < -0.3 is 9.88 Å². The van der Waals surface area contributed by atoms with Crippen molar-refractivity contribution in [1.29, 1.82) is 0 Å². The molecular weight excluding hydrogens is 258 g/mol. The van der Waals surface area contributed by atoms with Crippen LogP contribution in [0.3, 0.4) is 0 Å². The van der Waals surface area contributed by atoms with Crippen molar-refractivity contribution in [3.8, 4) is 0 Å². The summed E-state index contributed by atoms with van der Waals surface area (Å²) in [4.78, 5) is 2.49. The van der Waals surface area contributed by atoms with Gasteiger partial charge in [0.25, 0.3) is 0 Å². The Balaban J connectivity index is 1.98. The first kappa shape index (κ1) is 13.0. The molecule has 0 spiro atoms. The minimum absolute atomic E-state index is 0.870. The number of aryl methyl sites for hydroxylation is 1. The van der Waals surface area contributed by atoms with Crippen molar-refractivity contribution in [2.24, 2.45) is 0 Å². The van der Waals surface area contributed by atoms with E-state index in [0.717, 1.165) is 44.3 Å². The number of piperazine rings is 1. The average molecular weight is 278 g/mol. The monoisotopic (exact) mass is 277 g/mol. The number of rotatable bonds is 3. The molecule has 3 nitrogen and oxygen atoms in total. The van der Waals surface area contributed by atoms with Crippen molar-refractivity contribution in [2.45, 2.75) is 20.0 Å². The first-order valence-electron chi connectivity index (χ1n) is 6.99. The van der Waals surface area contributed by atoms with E-state index >= 15 is 0 Å². The summed E-state index contributed by atoms with van der Waals surface area (Å²) in [6.45, 7) is 8.55. The number of nitrogens with zero attached hydrogens (tertiary/aromatic N) is 2. The molecule has 0 aliphatic carbocycles. The van der Waals surface area contributed by atoms with E-state index in [1.54, 1.807) is 0 Å². The number of fused-ring (bicyclic) bond motifs is 1. The van der Waals surface area contributed by atoms with Crippen LogP contribution in [0.25, 0.3) is 10.9 Å². The molecule has 4 heteroatoms. The summed E-state index contributed by atoms with van der Waals surface area (Å²) in [6, 6.07) is 6.18. The van der Waals surface area contributed by atoms with Gasteiger partial charge in [-0.2, -0.15) is 0 Å². The van der Waals surface area contributed by atoms with Crippen molar-refractivity contribution in [1.82, 2.24) is 14.8 Å². The van der Waals surface area contributed by atoms with Gasteiger partial charge in [0.15, 0.2) is 0 Å². The molecule has 0 atom stereocenters. The molecule has 0 saturated carbocycles. The standard InChI is InChI=1S/C15H20ClN3/c1-2-19-11-12(10-18-8-6-17-7-9-18)15-13(16)4-3-5-14(15)19/h3-5,11,17H,2,6-10H2,1H3. The molecule has 1 N–H and O–H groups in total. The van der Waals surface area contributed by atoms with E-state index in [9.17, 15) is 0 Å². The second-order valence-electron chi connectivity index (χ2n) is 5.10. The predicted octanol–water partition coefficient (Wildman–Crippen LogP) is 2.72. The smallest absolute Gasteiger partial charge is 0.0503 e. The maximum Gasteiger partial charge on any atom is 0.0503 e. The van der Waals surface area contributed by atoms with E-state index in [1.165, 1.54) is 16.5 Å². The van der Waals surface area contributed by atoms with E-state index in [4.69, 9.17) is 11.6 Å². The predicted molar refractivity (Wildman–Crippen MR) is 80.8 cm³/mol. The molecule has 1 aromatic heterocycles. The zero-order chi connectivity index (χ0) is 13.2. The fourth-order valence-electron chi connectivity index (χ4n) is 2.88. The van der Waals surface area contributed by atoms with Crippen LogP contribution in [0, 0.1) is 0 Å². The molecule has 2 aromatic rings. The molecule has 1 aliphatic heterocycles.